The number of ether oxygens (including phenoxy) is 2. The Morgan fingerprint density at radius 2 is 1.96 bits per heavy atom. The predicted octanol–water partition coefficient (Wildman–Crippen LogP) is 2.12. The van der Waals surface area contributed by atoms with Crippen molar-refractivity contribution in [2.45, 2.75) is 26.4 Å². The van der Waals surface area contributed by atoms with E-state index in [2.05, 4.69) is 27.4 Å². The van der Waals surface area contributed by atoms with Gasteiger partial charge in [0, 0.05) is 33.2 Å². The molecular weight excluding hydrogens is 347 g/mol. The zero-order valence-corrected chi connectivity index (χ0v) is 16.7. The van der Waals surface area contributed by atoms with Gasteiger partial charge in [0.25, 0.3) is 0 Å². The van der Waals surface area contributed by atoms with Crippen LogP contribution >= 0.6 is 0 Å². The molecule has 0 spiro atoms. The van der Waals surface area contributed by atoms with Crippen LogP contribution in [0.2, 0.25) is 0 Å². The summed E-state index contributed by atoms with van der Waals surface area (Å²) in [6, 6.07) is 6.49. The Labute approximate surface area is 162 Å². The lowest BCUT2D eigenvalue weighted by molar-refractivity contribution is 0.0320. The lowest BCUT2D eigenvalue weighted by Gasteiger charge is -2.29. The van der Waals surface area contributed by atoms with Gasteiger partial charge >= 0.3 is 0 Å². The molecule has 1 aliphatic rings. The molecule has 0 saturated carbocycles. The highest BCUT2D eigenvalue weighted by molar-refractivity contribution is 5.79. The molecule has 2 atom stereocenters. The molecule has 1 aromatic carbocycles. The van der Waals surface area contributed by atoms with Crippen LogP contribution in [-0.4, -0.2) is 69.9 Å². The van der Waals surface area contributed by atoms with Gasteiger partial charge < -0.3 is 20.1 Å². The van der Waals surface area contributed by atoms with E-state index in [-0.39, 0.29) is 17.7 Å². The number of halogens is 1. The first-order valence-corrected chi connectivity index (χ1v) is 9.78. The molecule has 2 rings (SSSR count). The molecule has 152 valence electrons. The Morgan fingerprint density at radius 3 is 2.63 bits per heavy atom. The first-order valence-electron chi connectivity index (χ1n) is 9.78. The number of benzene rings is 1. The second-order valence-electron chi connectivity index (χ2n) is 6.93. The minimum atomic E-state index is -0.338. The molecule has 0 radical (unpaired) electrons. The third-order valence-corrected chi connectivity index (χ3v) is 4.60. The highest BCUT2D eigenvalue weighted by Crippen LogP contribution is 2.17. The lowest BCUT2D eigenvalue weighted by Crippen LogP contribution is -2.45. The molecule has 1 aliphatic heterocycles. The van der Waals surface area contributed by atoms with Gasteiger partial charge in [-0.1, -0.05) is 26.0 Å². The van der Waals surface area contributed by atoms with Crippen molar-refractivity contribution in [1.82, 2.24) is 15.5 Å². The SMILES string of the molecule is CCC(CNC(=NC)NCC(C)CN1CCOCC1)Oc1ccccc1F. The Hall–Kier alpha value is -1.86. The van der Waals surface area contributed by atoms with Crippen LogP contribution in [0.25, 0.3) is 0 Å². The molecule has 27 heavy (non-hydrogen) atoms. The molecule has 2 unspecified atom stereocenters. The van der Waals surface area contributed by atoms with E-state index in [1.165, 1.54) is 6.07 Å². The van der Waals surface area contributed by atoms with Crippen LogP contribution in [0.4, 0.5) is 4.39 Å². The van der Waals surface area contributed by atoms with Gasteiger partial charge in [-0.2, -0.15) is 0 Å². The van der Waals surface area contributed by atoms with Gasteiger partial charge in [0.05, 0.1) is 19.8 Å². The minimum absolute atomic E-state index is 0.133. The van der Waals surface area contributed by atoms with Gasteiger partial charge in [-0.15, -0.1) is 0 Å². The second kappa shape index (κ2) is 11.8. The summed E-state index contributed by atoms with van der Waals surface area (Å²) < 4.78 is 24.9. The summed E-state index contributed by atoms with van der Waals surface area (Å²) >= 11 is 0. The van der Waals surface area contributed by atoms with Gasteiger partial charge in [-0.3, -0.25) is 9.89 Å². The zero-order chi connectivity index (χ0) is 19.5. The van der Waals surface area contributed by atoms with Crippen LogP contribution in [0.5, 0.6) is 5.75 Å². The van der Waals surface area contributed by atoms with Crippen LogP contribution in [-0.2, 0) is 4.74 Å². The first kappa shape index (κ1) is 21.4. The fourth-order valence-corrected chi connectivity index (χ4v) is 2.98. The van der Waals surface area contributed by atoms with Crippen molar-refractivity contribution in [2.24, 2.45) is 10.9 Å². The number of aliphatic imine (C=N–C) groups is 1. The summed E-state index contributed by atoms with van der Waals surface area (Å²) in [6.45, 7) is 10.3. The van der Waals surface area contributed by atoms with E-state index in [1.807, 2.05) is 6.92 Å². The topological polar surface area (TPSA) is 58.1 Å². The van der Waals surface area contributed by atoms with Crippen LogP contribution < -0.4 is 15.4 Å². The van der Waals surface area contributed by atoms with Crippen LogP contribution in [0.15, 0.2) is 29.3 Å². The molecule has 1 fully saturated rings. The maximum absolute atomic E-state index is 13.8. The maximum atomic E-state index is 13.8. The molecule has 0 bridgehead atoms. The molecule has 1 aromatic rings. The Morgan fingerprint density at radius 1 is 1.26 bits per heavy atom. The van der Waals surface area contributed by atoms with Gasteiger partial charge in [0.1, 0.15) is 6.10 Å². The van der Waals surface area contributed by atoms with E-state index in [4.69, 9.17) is 9.47 Å². The predicted molar refractivity (Wildman–Crippen MR) is 107 cm³/mol. The van der Waals surface area contributed by atoms with E-state index >= 15 is 0 Å². The van der Waals surface area contributed by atoms with E-state index in [9.17, 15) is 4.39 Å². The van der Waals surface area contributed by atoms with E-state index in [0.29, 0.717) is 12.5 Å². The zero-order valence-electron chi connectivity index (χ0n) is 16.7. The number of para-hydroxylation sites is 1. The summed E-state index contributed by atoms with van der Waals surface area (Å²) in [4.78, 5) is 6.70. The summed E-state index contributed by atoms with van der Waals surface area (Å²) in [5, 5.41) is 6.64. The molecule has 0 aromatic heterocycles. The van der Waals surface area contributed by atoms with Gasteiger partial charge in [0.2, 0.25) is 0 Å². The fraction of sp³-hybridized carbons (Fsp3) is 0.650. The Kier molecular flexibility index (Phi) is 9.35. The largest absolute Gasteiger partial charge is 0.486 e. The maximum Gasteiger partial charge on any atom is 0.191 e. The van der Waals surface area contributed by atoms with Gasteiger partial charge in [-0.05, 0) is 24.5 Å². The van der Waals surface area contributed by atoms with E-state index in [1.54, 1.807) is 25.2 Å². The van der Waals surface area contributed by atoms with Crippen molar-refractivity contribution in [2.75, 3.05) is 53.0 Å². The number of rotatable bonds is 9. The molecule has 7 heteroatoms. The molecule has 1 heterocycles. The minimum Gasteiger partial charge on any atom is -0.486 e. The molecule has 0 amide bonds. The standard InChI is InChI=1S/C20H33FN4O2/c1-4-17(27-19-8-6-5-7-18(19)21)14-24-20(22-3)23-13-16(2)15-25-9-11-26-12-10-25/h5-8,16-17H,4,9-15H2,1-3H3,(H2,22,23,24). The highest BCUT2D eigenvalue weighted by Gasteiger charge is 2.15. The Balaban J connectivity index is 1.72. The summed E-state index contributed by atoms with van der Waals surface area (Å²) in [6.07, 6.45) is 0.636. The Bertz CT molecular complexity index is 579. The smallest absolute Gasteiger partial charge is 0.191 e. The quantitative estimate of drug-likeness (QED) is 0.508. The third-order valence-electron chi connectivity index (χ3n) is 4.60. The monoisotopic (exact) mass is 380 g/mol. The average Bonchev–Trinajstić information content (AvgIpc) is 2.69. The number of guanidine groups is 1. The molecular formula is C20H33FN4O2. The third kappa shape index (κ3) is 7.72. The fourth-order valence-electron chi connectivity index (χ4n) is 2.98. The van der Waals surface area contributed by atoms with Crippen molar-refractivity contribution in [3.05, 3.63) is 30.1 Å². The number of hydrogen-bond donors (Lipinski definition) is 2. The lowest BCUT2D eigenvalue weighted by atomic mass is 10.1. The number of morpholine rings is 1. The van der Waals surface area contributed by atoms with Crippen molar-refractivity contribution in [1.29, 1.82) is 0 Å². The van der Waals surface area contributed by atoms with E-state index < -0.39 is 0 Å². The molecule has 0 aliphatic carbocycles. The second-order valence-corrected chi connectivity index (χ2v) is 6.93. The summed E-state index contributed by atoms with van der Waals surface area (Å²) in [5.41, 5.74) is 0. The van der Waals surface area contributed by atoms with Crippen molar-refractivity contribution < 1.29 is 13.9 Å². The summed E-state index contributed by atoms with van der Waals surface area (Å²) in [7, 11) is 1.75. The normalized spacial score (nSPS) is 18.0. The molecule has 6 nitrogen and oxygen atoms in total. The summed E-state index contributed by atoms with van der Waals surface area (Å²) in [5.74, 6) is 1.18. The average molecular weight is 381 g/mol. The number of nitrogens with one attached hydrogen (secondary N) is 2. The number of hydrogen-bond acceptors (Lipinski definition) is 4. The molecule has 1 saturated heterocycles. The molecule has 2 N–H and O–H groups in total. The van der Waals surface area contributed by atoms with Crippen LogP contribution in [0, 0.1) is 11.7 Å². The highest BCUT2D eigenvalue weighted by atomic mass is 19.1. The van der Waals surface area contributed by atoms with Crippen LogP contribution in [0.3, 0.4) is 0 Å². The van der Waals surface area contributed by atoms with E-state index in [0.717, 1.165) is 51.8 Å². The van der Waals surface area contributed by atoms with Crippen LogP contribution in [0.1, 0.15) is 20.3 Å². The van der Waals surface area contributed by atoms with Crippen molar-refractivity contribution in [3.63, 3.8) is 0 Å². The van der Waals surface area contributed by atoms with Gasteiger partial charge in [0.15, 0.2) is 17.5 Å². The van der Waals surface area contributed by atoms with Crippen molar-refractivity contribution in [3.8, 4) is 5.75 Å². The van der Waals surface area contributed by atoms with Crippen molar-refractivity contribution >= 4 is 5.96 Å². The number of nitrogens with zero attached hydrogens (tertiary/aromatic N) is 2. The first-order chi connectivity index (χ1) is 13.1. The van der Waals surface area contributed by atoms with Gasteiger partial charge in [-0.25, -0.2) is 4.39 Å².